The molecule has 7 nitrogen and oxygen atoms in total. The van der Waals surface area contributed by atoms with Crippen LogP contribution in [0, 0.1) is 0 Å². The monoisotopic (exact) mass is 551 g/mol. The lowest BCUT2D eigenvalue weighted by Gasteiger charge is -2.28. The summed E-state index contributed by atoms with van der Waals surface area (Å²) >= 11 is 0. The normalized spacial score (nSPS) is 13.8. The zero-order valence-electron chi connectivity index (χ0n) is 18.9. The summed E-state index contributed by atoms with van der Waals surface area (Å²) in [5.41, 5.74) is 4.21. The van der Waals surface area contributed by atoms with E-state index in [1.54, 1.807) is 7.05 Å². The maximum Gasteiger partial charge on any atom is 0.251 e. The number of amides is 1. The Morgan fingerprint density at radius 2 is 1.81 bits per heavy atom. The van der Waals surface area contributed by atoms with Gasteiger partial charge >= 0.3 is 0 Å². The predicted octanol–water partition coefficient (Wildman–Crippen LogP) is 2.80. The lowest BCUT2D eigenvalue weighted by Crippen LogP contribution is -2.38. The number of carbonyl (C=O) groups excluding carboxylic acids is 1. The van der Waals surface area contributed by atoms with Crippen molar-refractivity contribution in [3.8, 4) is 0 Å². The Balaban J connectivity index is 0.00000363. The van der Waals surface area contributed by atoms with Gasteiger partial charge in [-0.2, -0.15) is 0 Å². The average Bonchev–Trinajstić information content (AvgIpc) is 2.83. The number of nitrogens with zero attached hydrogens (tertiary/aromatic N) is 2. The van der Waals surface area contributed by atoms with Crippen molar-refractivity contribution in [3.05, 3.63) is 65.2 Å². The minimum atomic E-state index is -0.0654. The van der Waals surface area contributed by atoms with Gasteiger partial charge in [0.1, 0.15) is 0 Å². The van der Waals surface area contributed by atoms with Crippen LogP contribution in [0.5, 0.6) is 0 Å². The van der Waals surface area contributed by atoms with Gasteiger partial charge < -0.3 is 25.6 Å². The molecule has 0 bridgehead atoms. The van der Waals surface area contributed by atoms with E-state index >= 15 is 0 Å². The fraction of sp³-hybridized carbons (Fsp3) is 0.417. The van der Waals surface area contributed by atoms with Gasteiger partial charge in [-0.15, -0.1) is 24.0 Å². The van der Waals surface area contributed by atoms with Gasteiger partial charge in [0.25, 0.3) is 5.91 Å². The van der Waals surface area contributed by atoms with Crippen LogP contribution in [-0.2, 0) is 17.7 Å². The first-order valence-electron chi connectivity index (χ1n) is 10.9. The molecule has 0 radical (unpaired) electrons. The Morgan fingerprint density at radius 3 is 2.50 bits per heavy atom. The summed E-state index contributed by atoms with van der Waals surface area (Å²) in [5.74, 6) is 0.728. The number of hydrogen-bond donors (Lipinski definition) is 3. The van der Waals surface area contributed by atoms with Gasteiger partial charge in [0.05, 0.1) is 19.8 Å². The summed E-state index contributed by atoms with van der Waals surface area (Å²) in [6.45, 7) is 7.68. The SMILES string of the molecule is CCNC(=NCc1ccc(N2CCOCC2)cc1)NCCc1cccc(C(=O)NC)c1.I. The van der Waals surface area contributed by atoms with Crippen molar-refractivity contribution in [2.45, 2.75) is 19.9 Å². The average molecular weight is 551 g/mol. The minimum absolute atomic E-state index is 0. The van der Waals surface area contributed by atoms with Gasteiger partial charge in [0, 0.05) is 44.5 Å². The molecule has 2 aromatic carbocycles. The molecule has 8 heteroatoms. The molecule has 1 saturated heterocycles. The van der Waals surface area contributed by atoms with Gasteiger partial charge in [-0.1, -0.05) is 24.3 Å². The first-order chi connectivity index (χ1) is 15.2. The van der Waals surface area contributed by atoms with Crippen LogP contribution in [0.15, 0.2) is 53.5 Å². The molecule has 0 spiro atoms. The number of halogens is 1. The number of carbonyl (C=O) groups is 1. The number of ether oxygens (including phenoxy) is 1. The van der Waals surface area contributed by atoms with Crippen LogP contribution in [-0.4, -0.2) is 58.3 Å². The molecular formula is C24H34IN5O2. The summed E-state index contributed by atoms with van der Waals surface area (Å²) in [5, 5.41) is 9.34. The van der Waals surface area contributed by atoms with Gasteiger partial charge in [-0.25, -0.2) is 4.99 Å². The molecule has 1 fully saturated rings. The van der Waals surface area contributed by atoms with Crippen molar-refractivity contribution in [2.24, 2.45) is 4.99 Å². The Kier molecular flexibility index (Phi) is 11.3. The molecule has 3 N–H and O–H groups in total. The van der Waals surface area contributed by atoms with Crippen molar-refractivity contribution < 1.29 is 9.53 Å². The van der Waals surface area contributed by atoms with Gasteiger partial charge in [0.2, 0.25) is 0 Å². The van der Waals surface area contributed by atoms with E-state index in [0.717, 1.165) is 57.3 Å². The third-order valence-corrected chi connectivity index (χ3v) is 5.20. The summed E-state index contributed by atoms with van der Waals surface area (Å²) in [6, 6.07) is 16.3. The molecule has 32 heavy (non-hydrogen) atoms. The van der Waals surface area contributed by atoms with Crippen molar-refractivity contribution in [2.75, 3.05) is 51.3 Å². The van der Waals surface area contributed by atoms with Crippen LogP contribution in [0.4, 0.5) is 5.69 Å². The zero-order valence-corrected chi connectivity index (χ0v) is 21.2. The number of morpholine rings is 1. The standard InChI is InChI=1S/C24H33N5O2.HI/c1-3-26-24(27-12-11-19-5-4-6-21(17-19)23(30)25-2)28-18-20-7-9-22(10-8-20)29-13-15-31-16-14-29;/h4-10,17H,3,11-16,18H2,1-2H3,(H,25,30)(H2,26,27,28);1H. The van der Waals surface area contributed by atoms with E-state index in [9.17, 15) is 4.79 Å². The third kappa shape index (κ3) is 7.98. The number of benzene rings is 2. The van der Waals surface area contributed by atoms with Crippen molar-refractivity contribution >= 4 is 41.5 Å². The van der Waals surface area contributed by atoms with E-state index in [-0.39, 0.29) is 29.9 Å². The minimum Gasteiger partial charge on any atom is -0.378 e. The lowest BCUT2D eigenvalue weighted by atomic mass is 10.1. The number of anilines is 1. The predicted molar refractivity (Wildman–Crippen MR) is 141 cm³/mol. The summed E-state index contributed by atoms with van der Waals surface area (Å²) in [6.07, 6.45) is 0.809. The molecule has 0 aliphatic carbocycles. The van der Waals surface area contributed by atoms with Crippen LogP contribution in [0.3, 0.4) is 0 Å². The van der Waals surface area contributed by atoms with E-state index < -0.39 is 0 Å². The second kappa shape index (κ2) is 13.9. The molecule has 1 amide bonds. The Hall–Kier alpha value is -2.33. The Morgan fingerprint density at radius 1 is 1.06 bits per heavy atom. The lowest BCUT2D eigenvalue weighted by molar-refractivity contribution is 0.0963. The highest BCUT2D eigenvalue weighted by Gasteiger charge is 2.10. The first kappa shape index (κ1) is 25.9. The van der Waals surface area contributed by atoms with Crippen molar-refractivity contribution in [3.63, 3.8) is 0 Å². The summed E-state index contributed by atoms with van der Waals surface area (Å²) in [4.78, 5) is 18.9. The van der Waals surface area contributed by atoms with E-state index in [4.69, 9.17) is 9.73 Å². The van der Waals surface area contributed by atoms with E-state index in [2.05, 4.69) is 52.0 Å². The third-order valence-electron chi connectivity index (χ3n) is 5.20. The second-order valence-corrected chi connectivity index (χ2v) is 7.42. The highest BCUT2D eigenvalue weighted by atomic mass is 127. The van der Waals surface area contributed by atoms with Crippen LogP contribution in [0.2, 0.25) is 0 Å². The first-order valence-corrected chi connectivity index (χ1v) is 10.9. The molecular weight excluding hydrogens is 517 g/mol. The molecule has 174 valence electrons. The maximum atomic E-state index is 11.8. The van der Waals surface area contributed by atoms with E-state index in [0.29, 0.717) is 12.1 Å². The summed E-state index contributed by atoms with van der Waals surface area (Å²) in [7, 11) is 1.64. The number of guanidine groups is 1. The van der Waals surface area contributed by atoms with E-state index in [1.165, 1.54) is 11.3 Å². The molecule has 1 aliphatic heterocycles. The number of aliphatic imine (C=N–C) groups is 1. The van der Waals surface area contributed by atoms with Crippen molar-refractivity contribution in [1.82, 2.24) is 16.0 Å². The molecule has 0 saturated carbocycles. The molecule has 2 aromatic rings. The van der Waals surface area contributed by atoms with Crippen LogP contribution >= 0.6 is 24.0 Å². The topological polar surface area (TPSA) is 78.0 Å². The fourth-order valence-corrected chi connectivity index (χ4v) is 3.48. The smallest absolute Gasteiger partial charge is 0.251 e. The number of hydrogen-bond acceptors (Lipinski definition) is 4. The largest absolute Gasteiger partial charge is 0.378 e. The Bertz CT molecular complexity index is 867. The fourth-order valence-electron chi connectivity index (χ4n) is 3.48. The molecule has 0 atom stereocenters. The quantitative estimate of drug-likeness (QED) is 0.267. The molecule has 3 rings (SSSR count). The van der Waals surface area contributed by atoms with Gasteiger partial charge in [-0.3, -0.25) is 4.79 Å². The molecule has 0 aromatic heterocycles. The van der Waals surface area contributed by atoms with Crippen molar-refractivity contribution in [1.29, 1.82) is 0 Å². The number of rotatable bonds is 8. The summed E-state index contributed by atoms with van der Waals surface area (Å²) < 4.78 is 5.42. The Labute approximate surface area is 208 Å². The number of nitrogens with one attached hydrogen (secondary N) is 3. The second-order valence-electron chi connectivity index (χ2n) is 7.42. The van der Waals surface area contributed by atoms with Crippen LogP contribution in [0.1, 0.15) is 28.4 Å². The molecule has 0 unspecified atom stereocenters. The highest BCUT2D eigenvalue weighted by molar-refractivity contribution is 14.0. The molecule has 1 heterocycles. The van der Waals surface area contributed by atoms with Crippen LogP contribution < -0.4 is 20.9 Å². The van der Waals surface area contributed by atoms with Gasteiger partial charge in [0.15, 0.2) is 5.96 Å². The van der Waals surface area contributed by atoms with Crippen LogP contribution in [0.25, 0.3) is 0 Å². The zero-order chi connectivity index (χ0) is 21.9. The molecule has 1 aliphatic rings. The van der Waals surface area contributed by atoms with Gasteiger partial charge in [-0.05, 0) is 48.7 Å². The van der Waals surface area contributed by atoms with E-state index in [1.807, 2.05) is 24.3 Å². The maximum absolute atomic E-state index is 11.8. The highest BCUT2D eigenvalue weighted by Crippen LogP contribution is 2.17.